The molecule has 1 atom stereocenters. The number of urea groups is 1. The number of nitrogens with zero attached hydrogens (tertiary/aromatic N) is 1. The Hall–Kier alpha value is -1.63. The molecule has 1 heterocycles. The second kappa shape index (κ2) is 6.01. The number of piperidine rings is 1. The number of benzene rings is 1. The molecule has 0 aromatic heterocycles. The van der Waals surface area contributed by atoms with Crippen LogP contribution in [0.15, 0.2) is 22.7 Å². The van der Waals surface area contributed by atoms with Gasteiger partial charge >= 0.3 is 12.0 Å². The van der Waals surface area contributed by atoms with Crippen molar-refractivity contribution in [3.63, 3.8) is 0 Å². The molecule has 1 unspecified atom stereocenters. The van der Waals surface area contributed by atoms with Crippen LogP contribution in [-0.4, -0.2) is 34.1 Å². The second-order valence-electron chi connectivity index (χ2n) is 5.25. The number of carboxylic acids is 1. The Labute approximate surface area is 130 Å². The lowest BCUT2D eigenvalue weighted by atomic mass is 9.89. The van der Waals surface area contributed by atoms with E-state index in [1.54, 1.807) is 6.07 Å². The molecule has 1 aromatic rings. The summed E-state index contributed by atoms with van der Waals surface area (Å²) in [4.78, 5) is 25.1. The minimum Gasteiger partial charge on any atom is -0.480 e. The average Bonchev–Trinajstić information content (AvgIpc) is 2.43. The normalized spacial score (nSPS) is 22.0. The van der Waals surface area contributed by atoms with E-state index in [0.717, 1.165) is 12.8 Å². The minimum absolute atomic E-state index is 0.291. The molecule has 2 amide bonds. The molecular weight excluding hydrogens is 343 g/mol. The molecule has 0 radical (unpaired) electrons. The van der Waals surface area contributed by atoms with Gasteiger partial charge in [-0.2, -0.15) is 0 Å². The van der Waals surface area contributed by atoms with Gasteiger partial charge in [-0.05, 0) is 60.3 Å². The summed E-state index contributed by atoms with van der Waals surface area (Å²) in [5, 5.41) is 11.9. The number of halogens is 2. The highest BCUT2D eigenvalue weighted by atomic mass is 79.9. The molecule has 2 rings (SSSR count). The van der Waals surface area contributed by atoms with Gasteiger partial charge < -0.3 is 15.3 Å². The van der Waals surface area contributed by atoms with Crippen LogP contribution in [0.25, 0.3) is 0 Å². The third-order valence-corrected chi connectivity index (χ3v) is 4.41. The van der Waals surface area contributed by atoms with Crippen LogP contribution in [0, 0.1) is 5.82 Å². The minimum atomic E-state index is -1.23. The number of anilines is 1. The van der Waals surface area contributed by atoms with Gasteiger partial charge in [0.25, 0.3) is 0 Å². The standard InChI is InChI=1S/C14H16BrFN2O3/c1-14(12(19)20)6-2-3-7-18(14)13(21)17-9-4-5-10(15)11(16)8-9/h4-5,8H,2-3,6-7H2,1H3,(H,17,21)(H,19,20). The Balaban J connectivity index is 2.18. The van der Waals surface area contributed by atoms with Gasteiger partial charge in [0.15, 0.2) is 0 Å². The molecule has 21 heavy (non-hydrogen) atoms. The number of likely N-dealkylation sites (tertiary alicyclic amines) is 1. The summed E-state index contributed by atoms with van der Waals surface area (Å²) in [6, 6.07) is 3.69. The van der Waals surface area contributed by atoms with E-state index in [0.29, 0.717) is 23.1 Å². The molecule has 0 bridgehead atoms. The predicted octanol–water partition coefficient (Wildman–Crippen LogP) is 3.45. The van der Waals surface area contributed by atoms with Gasteiger partial charge in [0, 0.05) is 12.2 Å². The molecule has 1 fully saturated rings. The van der Waals surface area contributed by atoms with Gasteiger partial charge in [-0.1, -0.05) is 0 Å². The lowest BCUT2D eigenvalue weighted by Crippen LogP contribution is -2.58. The molecule has 114 valence electrons. The van der Waals surface area contributed by atoms with Crippen molar-refractivity contribution in [1.82, 2.24) is 4.90 Å². The predicted molar refractivity (Wildman–Crippen MR) is 79.7 cm³/mol. The number of aliphatic carboxylic acids is 1. The van der Waals surface area contributed by atoms with Gasteiger partial charge in [-0.15, -0.1) is 0 Å². The number of carbonyl (C=O) groups excluding carboxylic acids is 1. The molecule has 2 N–H and O–H groups in total. The Bertz CT molecular complexity index is 581. The van der Waals surface area contributed by atoms with Gasteiger partial charge in [0.2, 0.25) is 0 Å². The van der Waals surface area contributed by atoms with Crippen LogP contribution in [0.3, 0.4) is 0 Å². The van der Waals surface area contributed by atoms with E-state index in [4.69, 9.17) is 0 Å². The van der Waals surface area contributed by atoms with E-state index in [1.165, 1.54) is 24.0 Å². The number of hydrogen-bond donors (Lipinski definition) is 2. The number of hydrogen-bond acceptors (Lipinski definition) is 2. The van der Waals surface area contributed by atoms with Crippen molar-refractivity contribution in [3.05, 3.63) is 28.5 Å². The zero-order valence-electron chi connectivity index (χ0n) is 11.5. The summed E-state index contributed by atoms with van der Waals surface area (Å²) in [7, 11) is 0. The van der Waals surface area contributed by atoms with Gasteiger partial charge in [0.05, 0.1) is 4.47 Å². The smallest absolute Gasteiger partial charge is 0.329 e. The highest BCUT2D eigenvalue weighted by Gasteiger charge is 2.44. The summed E-state index contributed by atoms with van der Waals surface area (Å²) < 4.78 is 13.7. The van der Waals surface area contributed by atoms with E-state index < -0.39 is 23.4 Å². The van der Waals surface area contributed by atoms with Crippen molar-refractivity contribution in [1.29, 1.82) is 0 Å². The van der Waals surface area contributed by atoms with E-state index in [9.17, 15) is 19.1 Å². The van der Waals surface area contributed by atoms with Crippen molar-refractivity contribution in [2.24, 2.45) is 0 Å². The fourth-order valence-electron chi connectivity index (χ4n) is 2.43. The first-order valence-electron chi connectivity index (χ1n) is 6.61. The maximum atomic E-state index is 13.4. The molecule has 0 aliphatic carbocycles. The number of carboxylic acid groups (broad SMARTS) is 1. The van der Waals surface area contributed by atoms with Crippen molar-refractivity contribution >= 4 is 33.6 Å². The van der Waals surface area contributed by atoms with Gasteiger partial charge in [-0.3, -0.25) is 0 Å². The zero-order valence-corrected chi connectivity index (χ0v) is 13.1. The van der Waals surface area contributed by atoms with Crippen LogP contribution in [-0.2, 0) is 4.79 Å². The van der Waals surface area contributed by atoms with Crippen LogP contribution in [0.4, 0.5) is 14.9 Å². The molecular formula is C14H16BrFN2O3. The van der Waals surface area contributed by atoms with Crippen molar-refractivity contribution < 1.29 is 19.1 Å². The Kier molecular flexibility index (Phi) is 4.51. The highest BCUT2D eigenvalue weighted by molar-refractivity contribution is 9.10. The summed E-state index contributed by atoms with van der Waals surface area (Å²) in [6.45, 7) is 1.91. The Morgan fingerprint density at radius 2 is 2.14 bits per heavy atom. The van der Waals surface area contributed by atoms with Crippen LogP contribution in [0.1, 0.15) is 26.2 Å². The van der Waals surface area contributed by atoms with Gasteiger partial charge in [0.1, 0.15) is 11.4 Å². The van der Waals surface area contributed by atoms with Crippen LogP contribution in [0.5, 0.6) is 0 Å². The van der Waals surface area contributed by atoms with Crippen molar-refractivity contribution in [2.45, 2.75) is 31.7 Å². The van der Waals surface area contributed by atoms with E-state index in [-0.39, 0.29) is 0 Å². The lowest BCUT2D eigenvalue weighted by molar-refractivity contribution is -0.150. The van der Waals surface area contributed by atoms with E-state index in [1.807, 2.05) is 0 Å². The number of nitrogens with one attached hydrogen (secondary N) is 1. The monoisotopic (exact) mass is 358 g/mol. The first-order chi connectivity index (χ1) is 9.84. The molecule has 1 saturated heterocycles. The summed E-state index contributed by atoms with van der Waals surface area (Å²) in [6.07, 6.45) is 1.93. The number of amides is 2. The molecule has 1 aromatic carbocycles. The maximum Gasteiger partial charge on any atom is 0.329 e. The third-order valence-electron chi connectivity index (χ3n) is 3.77. The number of carbonyl (C=O) groups is 2. The fourth-order valence-corrected chi connectivity index (χ4v) is 2.68. The van der Waals surface area contributed by atoms with Crippen LogP contribution < -0.4 is 5.32 Å². The topological polar surface area (TPSA) is 69.6 Å². The molecule has 7 heteroatoms. The summed E-state index contributed by atoms with van der Waals surface area (Å²) in [5.74, 6) is -1.52. The lowest BCUT2D eigenvalue weighted by Gasteiger charge is -2.41. The highest BCUT2D eigenvalue weighted by Crippen LogP contribution is 2.29. The van der Waals surface area contributed by atoms with E-state index in [2.05, 4.69) is 21.2 Å². The molecule has 0 spiro atoms. The SMILES string of the molecule is CC1(C(=O)O)CCCCN1C(=O)Nc1ccc(Br)c(F)c1. The zero-order chi connectivity index (χ0) is 15.6. The summed E-state index contributed by atoms with van der Waals surface area (Å²) in [5.41, 5.74) is -0.935. The van der Waals surface area contributed by atoms with Crippen molar-refractivity contribution in [3.8, 4) is 0 Å². The Morgan fingerprint density at radius 1 is 1.43 bits per heavy atom. The molecule has 1 aliphatic rings. The first-order valence-corrected chi connectivity index (χ1v) is 7.41. The van der Waals surface area contributed by atoms with Crippen molar-refractivity contribution in [2.75, 3.05) is 11.9 Å². The van der Waals surface area contributed by atoms with E-state index >= 15 is 0 Å². The average molecular weight is 359 g/mol. The first kappa shape index (κ1) is 15.8. The quantitative estimate of drug-likeness (QED) is 0.850. The molecule has 5 nitrogen and oxygen atoms in total. The number of rotatable bonds is 2. The largest absolute Gasteiger partial charge is 0.480 e. The second-order valence-corrected chi connectivity index (χ2v) is 6.10. The van der Waals surface area contributed by atoms with Gasteiger partial charge in [-0.25, -0.2) is 14.0 Å². The third kappa shape index (κ3) is 3.18. The maximum absolute atomic E-state index is 13.4. The molecule has 1 aliphatic heterocycles. The fraction of sp³-hybridized carbons (Fsp3) is 0.429. The molecule has 0 saturated carbocycles. The van der Waals surface area contributed by atoms with Crippen LogP contribution in [0.2, 0.25) is 0 Å². The Morgan fingerprint density at radius 3 is 2.76 bits per heavy atom. The summed E-state index contributed by atoms with van der Waals surface area (Å²) >= 11 is 3.03. The van der Waals surface area contributed by atoms with Crippen LogP contribution >= 0.6 is 15.9 Å².